The first kappa shape index (κ1) is 11.7. The molecule has 0 unspecified atom stereocenters. The smallest absolute Gasteiger partial charge is 0.00939 e. The molecule has 0 aliphatic rings. The Hall–Kier alpha value is -1.82. The van der Waals surface area contributed by atoms with Crippen molar-refractivity contribution in [2.24, 2.45) is 0 Å². The summed E-state index contributed by atoms with van der Waals surface area (Å²) in [5.41, 5.74) is 5.04. The van der Waals surface area contributed by atoms with Crippen LogP contribution in [0.25, 0.3) is 6.08 Å². The molecular formula is C17H17. The second-order valence-electron chi connectivity index (χ2n) is 4.37. The maximum atomic E-state index is 3.29. The summed E-state index contributed by atoms with van der Waals surface area (Å²) in [6.45, 7) is 4.19. The van der Waals surface area contributed by atoms with Gasteiger partial charge in [-0.2, -0.15) is 0 Å². The SMILES string of the molecule is Cc1[c]c(C)cc(C/C=C/c2ccccc2)c1. The minimum atomic E-state index is 0.977. The standard InChI is InChI=1S/C17H17/c1-14-11-15(2)13-17(12-14)10-6-9-16-7-4-3-5-8-16/h3-9,12-13H,10H2,1-2H3/b9-6+. The van der Waals surface area contributed by atoms with E-state index in [1.807, 2.05) is 6.07 Å². The molecule has 0 bridgehead atoms. The Bertz CT molecular complexity index is 487. The molecule has 1 radical (unpaired) electrons. The molecule has 0 aromatic heterocycles. The fraction of sp³-hybridized carbons (Fsp3) is 0.176. The summed E-state index contributed by atoms with van der Waals surface area (Å²) < 4.78 is 0. The van der Waals surface area contributed by atoms with Crippen molar-refractivity contribution in [3.8, 4) is 0 Å². The molecule has 0 aliphatic carbocycles. The van der Waals surface area contributed by atoms with Gasteiger partial charge in [-0.25, -0.2) is 0 Å². The van der Waals surface area contributed by atoms with Gasteiger partial charge in [-0.3, -0.25) is 0 Å². The quantitative estimate of drug-likeness (QED) is 0.722. The predicted octanol–water partition coefficient (Wildman–Crippen LogP) is 4.36. The van der Waals surface area contributed by atoms with Crippen molar-refractivity contribution in [3.05, 3.63) is 76.9 Å². The zero-order valence-electron chi connectivity index (χ0n) is 10.4. The van der Waals surface area contributed by atoms with Crippen LogP contribution in [0.1, 0.15) is 22.3 Å². The van der Waals surface area contributed by atoms with Crippen molar-refractivity contribution < 1.29 is 0 Å². The van der Waals surface area contributed by atoms with Gasteiger partial charge in [0.05, 0.1) is 0 Å². The highest BCUT2D eigenvalue weighted by molar-refractivity contribution is 5.49. The van der Waals surface area contributed by atoms with Crippen LogP contribution < -0.4 is 0 Å². The Kier molecular flexibility index (Phi) is 3.77. The Morgan fingerprint density at radius 3 is 2.29 bits per heavy atom. The molecule has 0 amide bonds. The van der Waals surface area contributed by atoms with E-state index >= 15 is 0 Å². The lowest BCUT2D eigenvalue weighted by Crippen LogP contribution is -1.85. The van der Waals surface area contributed by atoms with Crippen molar-refractivity contribution in [3.63, 3.8) is 0 Å². The average Bonchev–Trinajstić information content (AvgIpc) is 2.29. The number of hydrogen-bond donors (Lipinski definition) is 0. The summed E-state index contributed by atoms with van der Waals surface area (Å²) in [4.78, 5) is 0. The van der Waals surface area contributed by atoms with Gasteiger partial charge in [-0.1, -0.05) is 54.6 Å². The number of allylic oxidation sites excluding steroid dienone is 1. The minimum Gasteiger partial charge on any atom is -0.0795 e. The average molecular weight is 221 g/mol. The van der Waals surface area contributed by atoms with Gasteiger partial charge in [0.25, 0.3) is 0 Å². The summed E-state index contributed by atoms with van der Waals surface area (Å²) in [5, 5.41) is 0. The van der Waals surface area contributed by atoms with E-state index in [1.54, 1.807) is 0 Å². The van der Waals surface area contributed by atoms with Gasteiger partial charge in [0.15, 0.2) is 0 Å². The van der Waals surface area contributed by atoms with Gasteiger partial charge in [0.2, 0.25) is 0 Å². The van der Waals surface area contributed by atoms with Crippen LogP contribution in [0, 0.1) is 19.9 Å². The lowest BCUT2D eigenvalue weighted by molar-refractivity contribution is 1.22. The van der Waals surface area contributed by atoms with E-state index in [-0.39, 0.29) is 0 Å². The van der Waals surface area contributed by atoms with Gasteiger partial charge in [-0.05, 0) is 48.6 Å². The molecule has 0 atom stereocenters. The summed E-state index contributed by atoms with van der Waals surface area (Å²) in [5.74, 6) is 0. The molecule has 0 N–H and O–H groups in total. The Morgan fingerprint density at radius 2 is 1.65 bits per heavy atom. The van der Waals surface area contributed by atoms with E-state index in [4.69, 9.17) is 0 Å². The first-order chi connectivity index (χ1) is 8.24. The van der Waals surface area contributed by atoms with Gasteiger partial charge in [-0.15, -0.1) is 0 Å². The lowest BCUT2D eigenvalue weighted by Gasteiger charge is -2.01. The maximum Gasteiger partial charge on any atom is -0.00939 e. The highest BCUT2D eigenvalue weighted by Gasteiger charge is 1.94. The molecule has 0 nitrogen and oxygen atoms in total. The Morgan fingerprint density at radius 1 is 1.00 bits per heavy atom. The van der Waals surface area contributed by atoms with Crippen molar-refractivity contribution in [2.75, 3.05) is 0 Å². The lowest BCUT2D eigenvalue weighted by atomic mass is 10.0. The van der Waals surface area contributed by atoms with E-state index in [9.17, 15) is 0 Å². The van der Waals surface area contributed by atoms with Crippen molar-refractivity contribution in [1.82, 2.24) is 0 Å². The molecule has 0 aliphatic heterocycles. The summed E-state index contributed by atoms with van der Waals surface area (Å²) in [6.07, 6.45) is 5.36. The second kappa shape index (κ2) is 5.49. The predicted molar refractivity (Wildman–Crippen MR) is 73.9 cm³/mol. The van der Waals surface area contributed by atoms with Crippen LogP contribution in [0.3, 0.4) is 0 Å². The van der Waals surface area contributed by atoms with Crippen molar-refractivity contribution in [1.29, 1.82) is 0 Å². The van der Waals surface area contributed by atoms with Gasteiger partial charge in [0, 0.05) is 0 Å². The van der Waals surface area contributed by atoms with Crippen LogP contribution >= 0.6 is 0 Å². The molecule has 0 heteroatoms. The first-order valence-electron chi connectivity index (χ1n) is 5.95. The molecule has 0 saturated carbocycles. The van der Waals surface area contributed by atoms with Crippen LogP contribution in [0.2, 0.25) is 0 Å². The summed E-state index contributed by atoms with van der Waals surface area (Å²) in [6, 6.07) is 18.1. The van der Waals surface area contributed by atoms with Gasteiger partial charge in [0.1, 0.15) is 0 Å². The molecule has 2 aromatic carbocycles. The Labute approximate surface area is 104 Å². The molecular weight excluding hydrogens is 204 g/mol. The largest absolute Gasteiger partial charge is 0.0795 e. The van der Waals surface area contributed by atoms with E-state index in [0.29, 0.717) is 0 Å². The molecule has 17 heavy (non-hydrogen) atoms. The van der Waals surface area contributed by atoms with Crippen LogP contribution in [0.5, 0.6) is 0 Å². The first-order valence-corrected chi connectivity index (χ1v) is 5.95. The molecule has 0 spiro atoms. The third-order valence-corrected chi connectivity index (χ3v) is 2.66. The second-order valence-corrected chi connectivity index (χ2v) is 4.37. The van der Waals surface area contributed by atoms with Crippen molar-refractivity contribution in [2.45, 2.75) is 20.3 Å². The van der Waals surface area contributed by atoms with Gasteiger partial charge < -0.3 is 0 Å². The third-order valence-electron chi connectivity index (χ3n) is 2.66. The maximum absolute atomic E-state index is 3.29. The third kappa shape index (κ3) is 3.60. The van der Waals surface area contributed by atoms with Crippen LogP contribution in [0.4, 0.5) is 0 Å². The molecule has 0 heterocycles. The zero-order valence-corrected chi connectivity index (χ0v) is 10.4. The molecule has 2 rings (SSSR count). The number of aryl methyl sites for hydroxylation is 2. The normalized spacial score (nSPS) is 10.9. The van der Waals surface area contributed by atoms with Crippen LogP contribution in [-0.4, -0.2) is 0 Å². The highest BCUT2D eigenvalue weighted by atomic mass is 14.0. The van der Waals surface area contributed by atoms with E-state index in [2.05, 4.69) is 68.5 Å². The van der Waals surface area contributed by atoms with Crippen molar-refractivity contribution >= 4 is 6.08 Å². The number of rotatable bonds is 3. The number of hydrogen-bond acceptors (Lipinski definition) is 0. The fourth-order valence-corrected chi connectivity index (χ4v) is 1.99. The van der Waals surface area contributed by atoms with E-state index < -0.39 is 0 Å². The van der Waals surface area contributed by atoms with Crippen LogP contribution in [-0.2, 0) is 6.42 Å². The van der Waals surface area contributed by atoms with E-state index in [1.165, 1.54) is 22.3 Å². The Balaban J connectivity index is 2.05. The molecule has 0 saturated heterocycles. The summed E-state index contributed by atoms with van der Waals surface area (Å²) in [7, 11) is 0. The summed E-state index contributed by atoms with van der Waals surface area (Å²) >= 11 is 0. The molecule has 0 fully saturated rings. The number of benzene rings is 2. The zero-order chi connectivity index (χ0) is 12.1. The van der Waals surface area contributed by atoms with E-state index in [0.717, 1.165) is 6.42 Å². The highest BCUT2D eigenvalue weighted by Crippen LogP contribution is 2.10. The van der Waals surface area contributed by atoms with Crippen LogP contribution in [0.15, 0.2) is 48.5 Å². The van der Waals surface area contributed by atoms with Gasteiger partial charge >= 0.3 is 0 Å². The monoisotopic (exact) mass is 221 g/mol. The molecule has 2 aromatic rings. The topological polar surface area (TPSA) is 0 Å². The molecule has 85 valence electrons. The minimum absolute atomic E-state index is 0.977. The fourth-order valence-electron chi connectivity index (χ4n) is 1.99.